The second kappa shape index (κ2) is 7.58. The summed E-state index contributed by atoms with van der Waals surface area (Å²) in [4.78, 5) is 11.0. The Hall–Kier alpha value is -0.810. The SMILES string of the molecule is CCCNC(=O)OCC(CO)C(C)N. The highest BCUT2D eigenvalue weighted by Gasteiger charge is 2.14. The highest BCUT2D eigenvalue weighted by atomic mass is 16.5. The number of carbonyl (C=O) groups is 1. The standard InChI is InChI=1S/C9H20N2O3/c1-3-4-11-9(13)14-6-8(5-12)7(2)10/h7-8,12H,3-6,10H2,1-2H3,(H,11,13). The van der Waals surface area contributed by atoms with E-state index in [4.69, 9.17) is 15.6 Å². The Bertz CT molecular complexity index is 162. The van der Waals surface area contributed by atoms with Gasteiger partial charge in [0.05, 0.1) is 13.2 Å². The van der Waals surface area contributed by atoms with Crippen LogP contribution in [0.3, 0.4) is 0 Å². The van der Waals surface area contributed by atoms with Crippen LogP contribution >= 0.6 is 0 Å². The van der Waals surface area contributed by atoms with Gasteiger partial charge in [0, 0.05) is 18.5 Å². The first kappa shape index (κ1) is 13.2. The molecule has 4 N–H and O–H groups in total. The maximum atomic E-state index is 11.0. The van der Waals surface area contributed by atoms with Crippen molar-refractivity contribution in [2.45, 2.75) is 26.3 Å². The van der Waals surface area contributed by atoms with Crippen LogP contribution in [-0.2, 0) is 4.74 Å². The molecule has 84 valence electrons. The summed E-state index contributed by atoms with van der Waals surface area (Å²) in [6, 6.07) is -0.182. The fraction of sp³-hybridized carbons (Fsp3) is 0.889. The van der Waals surface area contributed by atoms with Gasteiger partial charge in [-0.25, -0.2) is 4.79 Å². The Morgan fingerprint density at radius 3 is 2.71 bits per heavy atom. The fourth-order valence-corrected chi connectivity index (χ4v) is 0.832. The van der Waals surface area contributed by atoms with Crippen LogP contribution in [0.25, 0.3) is 0 Å². The Morgan fingerprint density at radius 2 is 2.29 bits per heavy atom. The molecule has 14 heavy (non-hydrogen) atoms. The summed E-state index contributed by atoms with van der Waals surface area (Å²) in [6.45, 7) is 4.41. The quantitative estimate of drug-likeness (QED) is 0.572. The highest BCUT2D eigenvalue weighted by Crippen LogP contribution is 2.00. The fourth-order valence-electron chi connectivity index (χ4n) is 0.832. The maximum Gasteiger partial charge on any atom is 0.407 e. The van der Waals surface area contributed by atoms with E-state index in [1.54, 1.807) is 6.92 Å². The number of rotatable bonds is 6. The summed E-state index contributed by atoms with van der Waals surface area (Å²) < 4.78 is 4.87. The van der Waals surface area contributed by atoms with Gasteiger partial charge >= 0.3 is 6.09 Å². The number of hydrogen-bond donors (Lipinski definition) is 3. The zero-order valence-electron chi connectivity index (χ0n) is 8.82. The van der Waals surface area contributed by atoms with E-state index in [9.17, 15) is 4.79 Å². The first-order valence-electron chi connectivity index (χ1n) is 4.88. The molecule has 0 radical (unpaired) electrons. The van der Waals surface area contributed by atoms with E-state index in [1.807, 2.05) is 6.92 Å². The van der Waals surface area contributed by atoms with E-state index in [1.165, 1.54) is 0 Å². The summed E-state index contributed by atoms with van der Waals surface area (Å²) in [5, 5.41) is 11.5. The molecule has 0 aromatic rings. The average Bonchev–Trinajstić information content (AvgIpc) is 2.15. The van der Waals surface area contributed by atoms with Crippen molar-refractivity contribution in [2.75, 3.05) is 19.8 Å². The van der Waals surface area contributed by atoms with Gasteiger partial charge in [0.2, 0.25) is 0 Å². The highest BCUT2D eigenvalue weighted by molar-refractivity contribution is 5.66. The molecule has 0 fully saturated rings. The van der Waals surface area contributed by atoms with E-state index < -0.39 is 6.09 Å². The Morgan fingerprint density at radius 1 is 1.64 bits per heavy atom. The van der Waals surface area contributed by atoms with Crippen molar-refractivity contribution in [3.05, 3.63) is 0 Å². The molecular formula is C9H20N2O3. The van der Waals surface area contributed by atoms with E-state index in [0.717, 1.165) is 6.42 Å². The minimum absolute atomic E-state index is 0.0707. The molecule has 0 aliphatic carbocycles. The lowest BCUT2D eigenvalue weighted by Gasteiger charge is -2.17. The number of carbonyl (C=O) groups excluding carboxylic acids is 1. The van der Waals surface area contributed by atoms with Crippen molar-refractivity contribution < 1.29 is 14.6 Å². The van der Waals surface area contributed by atoms with Gasteiger partial charge in [0.15, 0.2) is 0 Å². The zero-order chi connectivity index (χ0) is 11.0. The van der Waals surface area contributed by atoms with Crippen LogP contribution in [0.4, 0.5) is 4.79 Å². The molecule has 5 nitrogen and oxygen atoms in total. The number of ether oxygens (including phenoxy) is 1. The number of hydrogen-bond acceptors (Lipinski definition) is 4. The Balaban J connectivity index is 3.63. The van der Waals surface area contributed by atoms with Crippen LogP contribution in [0.15, 0.2) is 0 Å². The third-order valence-electron chi connectivity index (χ3n) is 1.93. The first-order chi connectivity index (χ1) is 6.61. The van der Waals surface area contributed by atoms with Crippen LogP contribution in [0, 0.1) is 5.92 Å². The van der Waals surface area contributed by atoms with Gasteiger partial charge in [-0.15, -0.1) is 0 Å². The minimum Gasteiger partial charge on any atom is -0.449 e. The summed E-state index contributed by atoms with van der Waals surface area (Å²) in [5.41, 5.74) is 5.56. The van der Waals surface area contributed by atoms with Crippen molar-refractivity contribution in [1.82, 2.24) is 5.32 Å². The summed E-state index contributed by atoms with van der Waals surface area (Å²) in [5.74, 6) is -0.192. The van der Waals surface area contributed by atoms with E-state index >= 15 is 0 Å². The number of aliphatic hydroxyl groups is 1. The molecule has 0 aromatic heterocycles. The molecule has 5 heteroatoms. The monoisotopic (exact) mass is 204 g/mol. The largest absolute Gasteiger partial charge is 0.449 e. The van der Waals surface area contributed by atoms with Crippen LogP contribution in [0.5, 0.6) is 0 Å². The second-order valence-electron chi connectivity index (χ2n) is 3.33. The van der Waals surface area contributed by atoms with Crippen molar-refractivity contribution in [3.8, 4) is 0 Å². The number of aliphatic hydroxyl groups excluding tert-OH is 1. The minimum atomic E-state index is -0.453. The molecule has 0 rings (SSSR count). The van der Waals surface area contributed by atoms with Gasteiger partial charge in [-0.3, -0.25) is 0 Å². The predicted molar refractivity (Wildman–Crippen MR) is 53.9 cm³/mol. The van der Waals surface area contributed by atoms with Crippen molar-refractivity contribution >= 4 is 6.09 Å². The third kappa shape index (κ3) is 5.77. The molecule has 2 atom stereocenters. The molecule has 0 bridgehead atoms. The molecule has 0 heterocycles. The summed E-state index contributed by atoms with van der Waals surface area (Å²) >= 11 is 0. The first-order valence-corrected chi connectivity index (χ1v) is 4.88. The lowest BCUT2D eigenvalue weighted by Crippen LogP contribution is -2.35. The van der Waals surface area contributed by atoms with Crippen LogP contribution in [0.2, 0.25) is 0 Å². The number of alkyl carbamates (subject to hydrolysis) is 1. The van der Waals surface area contributed by atoms with Crippen LogP contribution in [-0.4, -0.2) is 37.0 Å². The van der Waals surface area contributed by atoms with Crippen molar-refractivity contribution in [1.29, 1.82) is 0 Å². The van der Waals surface area contributed by atoms with E-state index in [2.05, 4.69) is 5.32 Å². The van der Waals surface area contributed by atoms with Gasteiger partial charge in [-0.2, -0.15) is 0 Å². The lowest BCUT2D eigenvalue weighted by atomic mass is 10.1. The van der Waals surface area contributed by atoms with Gasteiger partial charge < -0.3 is 20.9 Å². The molecule has 0 spiro atoms. The normalized spacial score (nSPS) is 14.6. The smallest absolute Gasteiger partial charge is 0.407 e. The van der Waals surface area contributed by atoms with E-state index in [0.29, 0.717) is 6.54 Å². The average molecular weight is 204 g/mol. The Labute approximate surface area is 84.6 Å². The molecular weight excluding hydrogens is 184 g/mol. The number of amides is 1. The number of nitrogens with one attached hydrogen (secondary N) is 1. The molecule has 0 aliphatic rings. The molecule has 0 aliphatic heterocycles. The van der Waals surface area contributed by atoms with Gasteiger partial charge in [0.1, 0.15) is 0 Å². The molecule has 1 amide bonds. The predicted octanol–water partition coefficient (Wildman–Crippen LogP) is 0.0783. The lowest BCUT2D eigenvalue weighted by molar-refractivity contribution is 0.0959. The van der Waals surface area contributed by atoms with Gasteiger partial charge in [-0.05, 0) is 13.3 Å². The van der Waals surface area contributed by atoms with Gasteiger partial charge in [-0.1, -0.05) is 6.92 Å². The molecule has 0 aromatic carbocycles. The van der Waals surface area contributed by atoms with Crippen molar-refractivity contribution in [2.24, 2.45) is 11.7 Å². The summed E-state index contributed by atoms with van der Waals surface area (Å²) in [6.07, 6.45) is 0.414. The Kier molecular flexibility index (Phi) is 7.14. The molecule has 0 saturated carbocycles. The zero-order valence-corrected chi connectivity index (χ0v) is 8.82. The topological polar surface area (TPSA) is 84.6 Å². The summed E-state index contributed by atoms with van der Waals surface area (Å²) in [7, 11) is 0. The van der Waals surface area contributed by atoms with Crippen LogP contribution in [0.1, 0.15) is 20.3 Å². The second-order valence-corrected chi connectivity index (χ2v) is 3.33. The molecule has 0 saturated heterocycles. The van der Waals surface area contributed by atoms with Crippen LogP contribution < -0.4 is 11.1 Å². The molecule has 2 unspecified atom stereocenters. The maximum absolute atomic E-state index is 11.0. The van der Waals surface area contributed by atoms with Crippen molar-refractivity contribution in [3.63, 3.8) is 0 Å². The third-order valence-corrected chi connectivity index (χ3v) is 1.93. The van der Waals surface area contributed by atoms with E-state index in [-0.39, 0.29) is 25.2 Å². The van der Waals surface area contributed by atoms with Gasteiger partial charge in [0.25, 0.3) is 0 Å². The number of nitrogens with two attached hydrogens (primary N) is 1.